The number of nitrogens with zero attached hydrogens (tertiary/aromatic N) is 1. The van der Waals surface area contributed by atoms with Gasteiger partial charge in [0.2, 0.25) is 5.88 Å². The third kappa shape index (κ3) is 3.96. The van der Waals surface area contributed by atoms with Crippen LogP contribution in [0.3, 0.4) is 0 Å². The lowest BCUT2D eigenvalue weighted by Gasteiger charge is -2.20. The van der Waals surface area contributed by atoms with Crippen LogP contribution >= 0.6 is 11.6 Å². The van der Waals surface area contributed by atoms with Crippen LogP contribution in [0.4, 0.5) is 0 Å². The van der Waals surface area contributed by atoms with E-state index in [0.29, 0.717) is 23.2 Å². The van der Waals surface area contributed by atoms with Crippen LogP contribution in [-0.4, -0.2) is 4.98 Å². The van der Waals surface area contributed by atoms with Gasteiger partial charge in [0.1, 0.15) is 5.75 Å². The maximum absolute atomic E-state index is 6.21. The van der Waals surface area contributed by atoms with Crippen molar-refractivity contribution in [2.75, 3.05) is 0 Å². The van der Waals surface area contributed by atoms with Gasteiger partial charge in [-0.05, 0) is 36.2 Å². The zero-order valence-electron chi connectivity index (χ0n) is 12.9. The molecule has 3 nitrogen and oxygen atoms in total. The lowest BCUT2D eigenvalue weighted by Crippen LogP contribution is -2.15. The standard InChI is InChI=1S/C17H21ClN2O/c1-11-5-6-14(13(18)7-11)21-16-9-12(10-19)8-15(20-16)17(2,3)4/h5-9H,10,19H2,1-4H3. The molecule has 112 valence electrons. The number of pyridine rings is 1. The van der Waals surface area contributed by atoms with E-state index in [9.17, 15) is 0 Å². The summed E-state index contributed by atoms with van der Waals surface area (Å²) < 4.78 is 5.84. The minimum absolute atomic E-state index is 0.0691. The number of benzene rings is 1. The number of ether oxygens (including phenoxy) is 1. The molecule has 0 fully saturated rings. The molecular weight excluding hydrogens is 284 g/mol. The summed E-state index contributed by atoms with van der Waals surface area (Å²) in [6.07, 6.45) is 0. The number of halogens is 1. The first-order chi connectivity index (χ1) is 9.79. The summed E-state index contributed by atoms with van der Waals surface area (Å²) in [5.41, 5.74) is 8.73. The number of aromatic nitrogens is 1. The van der Waals surface area contributed by atoms with E-state index in [4.69, 9.17) is 22.1 Å². The maximum Gasteiger partial charge on any atom is 0.219 e. The molecule has 1 aromatic heterocycles. The van der Waals surface area contributed by atoms with Crippen LogP contribution in [0, 0.1) is 6.92 Å². The molecule has 2 N–H and O–H groups in total. The summed E-state index contributed by atoms with van der Waals surface area (Å²) in [7, 11) is 0. The summed E-state index contributed by atoms with van der Waals surface area (Å²) in [4.78, 5) is 4.58. The topological polar surface area (TPSA) is 48.1 Å². The monoisotopic (exact) mass is 304 g/mol. The molecule has 0 aliphatic carbocycles. The van der Waals surface area contributed by atoms with Gasteiger partial charge >= 0.3 is 0 Å². The van der Waals surface area contributed by atoms with Crippen LogP contribution in [0.2, 0.25) is 5.02 Å². The third-order valence-electron chi connectivity index (χ3n) is 3.17. The van der Waals surface area contributed by atoms with Gasteiger partial charge in [-0.2, -0.15) is 0 Å². The minimum Gasteiger partial charge on any atom is -0.437 e. The van der Waals surface area contributed by atoms with Gasteiger partial charge in [-0.1, -0.05) is 38.4 Å². The van der Waals surface area contributed by atoms with Gasteiger partial charge in [-0.25, -0.2) is 4.98 Å². The molecule has 21 heavy (non-hydrogen) atoms. The zero-order chi connectivity index (χ0) is 15.6. The van der Waals surface area contributed by atoms with Crippen LogP contribution < -0.4 is 10.5 Å². The normalized spacial score (nSPS) is 11.5. The van der Waals surface area contributed by atoms with Crippen LogP contribution in [0.5, 0.6) is 11.6 Å². The Morgan fingerprint density at radius 2 is 1.90 bits per heavy atom. The van der Waals surface area contributed by atoms with Gasteiger partial charge in [0.25, 0.3) is 0 Å². The molecule has 0 aliphatic rings. The highest BCUT2D eigenvalue weighted by Gasteiger charge is 2.18. The highest BCUT2D eigenvalue weighted by atomic mass is 35.5. The number of rotatable bonds is 3. The van der Waals surface area contributed by atoms with Gasteiger partial charge in [0, 0.05) is 18.0 Å². The van der Waals surface area contributed by atoms with Gasteiger partial charge in [0.05, 0.1) is 10.7 Å². The van der Waals surface area contributed by atoms with E-state index in [1.165, 1.54) is 0 Å². The number of hydrogen-bond donors (Lipinski definition) is 1. The maximum atomic E-state index is 6.21. The first-order valence-corrected chi connectivity index (χ1v) is 7.33. The van der Waals surface area contributed by atoms with Crippen molar-refractivity contribution >= 4 is 11.6 Å². The van der Waals surface area contributed by atoms with Gasteiger partial charge in [-0.15, -0.1) is 0 Å². The quantitative estimate of drug-likeness (QED) is 0.902. The minimum atomic E-state index is -0.0691. The van der Waals surface area contributed by atoms with E-state index in [2.05, 4.69) is 25.8 Å². The molecule has 0 spiro atoms. The summed E-state index contributed by atoms with van der Waals surface area (Å²) in [6.45, 7) is 8.76. The van der Waals surface area contributed by atoms with Crippen LogP contribution in [-0.2, 0) is 12.0 Å². The number of aryl methyl sites for hydroxylation is 1. The Bertz CT molecular complexity index is 648. The van der Waals surface area contributed by atoms with E-state index in [-0.39, 0.29) is 5.41 Å². The molecule has 0 saturated heterocycles. The molecule has 0 unspecified atom stereocenters. The SMILES string of the molecule is Cc1ccc(Oc2cc(CN)cc(C(C)(C)C)n2)c(Cl)c1. The van der Waals surface area contributed by atoms with E-state index in [0.717, 1.165) is 16.8 Å². The molecule has 1 heterocycles. The summed E-state index contributed by atoms with van der Waals surface area (Å²) in [5.74, 6) is 1.12. The van der Waals surface area contributed by atoms with E-state index in [1.807, 2.05) is 37.3 Å². The second kappa shape index (κ2) is 6.04. The predicted octanol–water partition coefficient (Wildman–Crippen LogP) is 4.59. The van der Waals surface area contributed by atoms with E-state index in [1.54, 1.807) is 0 Å². The van der Waals surface area contributed by atoms with Crippen molar-refractivity contribution in [3.05, 3.63) is 52.2 Å². The van der Waals surface area contributed by atoms with E-state index >= 15 is 0 Å². The van der Waals surface area contributed by atoms with Gasteiger partial charge in [0.15, 0.2) is 0 Å². The van der Waals surface area contributed by atoms with E-state index < -0.39 is 0 Å². The average Bonchev–Trinajstić information content (AvgIpc) is 2.40. The molecule has 0 saturated carbocycles. The van der Waals surface area contributed by atoms with Crippen LogP contribution in [0.15, 0.2) is 30.3 Å². The molecule has 0 amide bonds. The highest BCUT2D eigenvalue weighted by Crippen LogP contribution is 2.31. The fourth-order valence-corrected chi connectivity index (χ4v) is 2.19. The Balaban J connectivity index is 2.39. The van der Waals surface area contributed by atoms with Crippen molar-refractivity contribution in [2.45, 2.75) is 39.7 Å². The number of nitrogens with two attached hydrogens (primary N) is 1. The average molecular weight is 305 g/mol. The first kappa shape index (κ1) is 15.8. The van der Waals surface area contributed by atoms with Crippen molar-refractivity contribution in [3.63, 3.8) is 0 Å². The molecule has 1 aromatic carbocycles. The molecule has 0 aliphatic heterocycles. The third-order valence-corrected chi connectivity index (χ3v) is 3.46. The molecular formula is C17H21ClN2O. The largest absolute Gasteiger partial charge is 0.437 e. The van der Waals surface area contributed by atoms with Crippen molar-refractivity contribution in [1.29, 1.82) is 0 Å². The molecule has 2 aromatic rings. The van der Waals surface area contributed by atoms with Crippen molar-refractivity contribution < 1.29 is 4.74 Å². The molecule has 0 bridgehead atoms. The summed E-state index contributed by atoms with van der Waals surface area (Å²) in [5, 5.41) is 0.576. The fourth-order valence-electron chi connectivity index (χ4n) is 1.91. The van der Waals surface area contributed by atoms with Crippen molar-refractivity contribution in [1.82, 2.24) is 4.98 Å². The zero-order valence-corrected chi connectivity index (χ0v) is 13.7. The summed E-state index contributed by atoms with van der Waals surface area (Å²) in [6, 6.07) is 9.55. The Morgan fingerprint density at radius 1 is 1.19 bits per heavy atom. The smallest absolute Gasteiger partial charge is 0.219 e. The predicted molar refractivity (Wildman–Crippen MR) is 87.1 cm³/mol. The Hall–Kier alpha value is -1.58. The van der Waals surface area contributed by atoms with Crippen LogP contribution in [0.25, 0.3) is 0 Å². The first-order valence-electron chi connectivity index (χ1n) is 6.95. The second-order valence-electron chi connectivity index (χ2n) is 6.19. The fraction of sp³-hybridized carbons (Fsp3) is 0.353. The lowest BCUT2D eigenvalue weighted by atomic mass is 9.91. The molecule has 0 atom stereocenters. The molecule has 0 radical (unpaired) electrons. The van der Waals surface area contributed by atoms with Crippen molar-refractivity contribution in [2.24, 2.45) is 5.73 Å². The van der Waals surface area contributed by atoms with Crippen molar-refractivity contribution in [3.8, 4) is 11.6 Å². The highest BCUT2D eigenvalue weighted by molar-refractivity contribution is 6.32. The van der Waals surface area contributed by atoms with Gasteiger partial charge in [-0.3, -0.25) is 0 Å². The second-order valence-corrected chi connectivity index (χ2v) is 6.60. The Kier molecular flexibility index (Phi) is 4.55. The van der Waals surface area contributed by atoms with Gasteiger partial charge < -0.3 is 10.5 Å². The Morgan fingerprint density at radius 3 is 2.48 bits per heavy atom. The van der Waals surface area contributed by atoms with Crippen LogP contribution in [0.1, 0.15) is 37.6 Å². The molecule has 4 heteroatoms. The molecule has 2 rings (SSSR count). The lowest BCUT2D eigenvalue weighted by molar-refractivity contribution is 0.451. The Labute approximate surface area is 131 Å². The summed E-state index contributed by atoms with van der Waals surface area (Å²) >= 11 is 6.21. The number of hydrogen-bond acceptors (Lipinski definition) is 3.